The van der Waals surface area contributed by atoms with Gasteiger partial charge in [-0.15, -0.1) is 0 Å². The topological polar surface area (TPSA) is 75.7 Å². The van der Waals surface area contributed by atoms with E-state index < -0.39 is 23.3 Å². The molecule has 0 unspecified atom stereocenters. The summed E-state index contributed by atoms with van der Waals surface area (Å²) in [5.74, 6) is -0.329. The van der Waals surface area contributed by atoms with Gasteiger partial charge in [0.05, 0.1) is 17.3 Å². The van der Waals surface area contributed by atoms with Crippen LogP contribution in [-0.2, 0) is 9.59 Å². The number of barbiturate groups is 1. The molecule has 2 fully saturated rings. The van der Waals surface area contributed by atoms with Crippen molar-refractivity contribution in [2.24, 2.45) is 5.41 Å². The van der Waals surface area contributed by atoms with Gasteiger partial charge < -0.3 is 4.74 Å². The predicted octanol–water partition coefficient (Wildman–Crippen LogP) is 2.21. The molecule has 4 amide bonds. The zero-order valence-corrected chi connectivity index (χ0v) is 12.9. The average molecular weight is 353 g/mol. The number of amides is 4. The number of benzene rings is 1. The number of imide groups is 2. The van der Waals surface area contributed by atoms with Gasteiger partial charge in [0.25, 0.3) is 5.91 Å². The van der Waals surface area contributed by atoms with Crippen LogP contribution in [0.4, 0.5) is 10.5 Å². The maximum Gasteiger partial charge on any atom is 0.335 e. The van der Waals surface area contributed by atoms with Crippen molar-refractivity contribution in [2.75, 3.05) is 12.0 Å². The van der Waals surface area contributed by atoms with Gasteiger partial charge in [0.15, 0.2) is 0 Å². The summed E-state index contributed by atoms with van der Waals surface area (Å²) in [6.07, 6.45) is 1.78. The second kappa shape index (κ2) is 4.84. The molecule has 0 bridgehead atoms. The molecule has 1 heterocycles. The minimum atomic E-state index is -1.07. The molecule has 3 rings (SSSR count). The molecule has 21 heavy (non-hydrogen) atoms. The van der Waals surface area contributed by atoms with Gasteiger partial charge in [0.1, 0.15) is 11.2 Å². The Bertz CT molecular complexity index is 654. The van der Waals surface area contributed by atoms with Gasteiger partial charge in [0, 0.05) is 0 Å². The fraction of sp³-hybridized carbons (Fsp3) is 0.357. The first kappa shape index (κ1) is 14.1. The quantitative estimate of drug-likeness (QED) is 0.828. The van der Waals surface area contributed by atoms with Gasteiger partial charge in [-0.05, 0) is 47.0 Å². The molecule has 2 aliphatic rings. The number of halogens is 1. The van der Waals surface area contributed by atoms with E-state index in [9.17, 15) is 14.4 Å². The van der Waals surface area contributed by atoms with Crippen molar-refractivity contribution in [3.63, 3.8) is 0 Å². The Morgan fingerprint density at radius 2 is 2.00 bits per heavy atom. The zero-order chi connectivity index (χ0) is 15.2. The maximum absolute atomic E-state index is 12.6. The third kappa shape index (κ3) is 1.95. The molecule has 1 aliphatic carbocycles. The number of urea groups is 1. The number of nitrogens with zero attached hydrogens (tertiary/aromatic N) is 1. The van der Waals surface area contributed by atoms with E-state index >= 15 is 0 Å². The largest absolute Gasteiger partial charge is 0.496 e. The van der Waals surface area contributed by atoms with Crippen LogP contribution in [0.15, 0.2) is 22.7 Å². The van der Waals surface area contributed by atoms with E-state index in [1.165, 1.54) is 7.11 Å². The first-order valence-electron chi connectivity index (χ1n) is 6.53. The summed E-state index contributed by atoms with van der Waals surface area (Å²) in [6.45, 7) is 0. The monoisotopic (exact) mass is 352 g/mol. The molecule has 1 saturated heterocycles. The van der Waals surface area contributed by atoms with Crippen LogP contribution in [-0.4, -0.2) is 25.0 Å². The van der Waals surface area contributed by atoms with E-state index in [2.05, 4.69) is 21.2 Å². The van der Waals surface area contributed by atoms with Crippen LogP contribution in [0.2, 0.25) is 0 Å². The highest BCUT2D eigenvalue weighted by Gasteiger charge is 2.57. The first-order valence-corrected chi connectivity index (χ1v) is 7.32. The van der Waals surface area contributed by atoms with Crippen molar-refractivity contribution >= 4 is 39.5 Å². The van der Waals surface area contributed by atoms with Crippen LogP contribution in [0.5, 0.6) is 5.75 Å². The summed E-state index contributed by atoms with van der Waals surface area (Å²) in [6, 6.07) is 4.19. The number of methoxy groups -OCH3 is 1. The SMILES string of the molecule is COc1ccc(N2C(=O)NC(=O)C3(CCC3)C2=O)cc1Br. The summed E-state index contributed by atoms with van der Waals surface area (Å²) in [5.41, 5.74) is -0.663. The van der Waals surface area contributed by atoms with Crippen LogP contribution >= 0.6 is 15.9 Å². The molecule has 1 aliphatic heterocycles. The fourth-order valence-corrected chi connectivity index (χ4v) is 3.20. The van der Waals surface area contributed by atoms with Crippen LogP contribution < -0.4 is 15.0 Å². The maximum atomic E-state index is 12.6. The highest BCUT2D eigenvalue weighted by atomic mass is 79.9. The minimum absolute atomic E-state index is 0.406. The lowest BCUT2D eigenvalue weighted by Gasteiger charge is -2.44. The molecule has 110 valence electrons. The number of nitrogens with one attached hydrogen (secondary N) is 1. The van der Waals surface area contributed by atoms with Crippen molar-refractivity contribution < 1.29 is 19.1 Å². The molecule has 1 N–H and O–H groups in total. The lowest BCUT2D eigenvalue weighted by molar-refractivity contribution is -0.148. The molecule has 1 aromatic carbocycles. The molecule has 1 aromatic rings. The fourth-order valence-electron chi connectivity index (χ4n) is 2.68. The summed E-state index contributed by atoms with van der Waals surface area (Å²) in [5, 5.41) is 2.28. The summed E-state index contributed by atoms with van der Waals surface area (Å²) >= 11 is 3.32. The number of ether oxygens (including phenoxy) is 1. The van der Waals surface area contributed by atoms with Crippen LogP contribution in [0.3, 0.4) is 0 Å². The molecule has 0 aromatic heterocycles. The van der Waals surface area contributed by atoms with Crippen LogP contribution in [0.25, 0.3) is 0 Å². The lowest BCUT2D eigenvalue weighted by Crippen LogP contribution is -2.66. The van der Waals surface area contributed by atoms with Gasteiger partial charge in [-0.25, -0.2) is 9.69 Å². The minimum Gasteiger partial charge on any atom is -0.496 e. The number of hydrogen-bond acceptors (Lipinski definition) is 4. The van der Waals surface area contributed by atoms with Crippen molar-refractivity contribution in [1.29, 1.82) is 0 Å². The number of rotatable bonds is 2. The highest BCUT2D eigenvalue weighted by molar-refractivity contribution is 9.10. The number of anilines is 1. The molecular formula is C14H13BrN2O4. The van der Waals surface area contributed by atoms with E-state index in [-0.39, 0.29) is 0 Å². The van der Waals surface area contributed by atoms with Crippen molar-refractivity contribution in [3.05, 3.63) is 22.7 Å². The van der Waals surface area contributed by atoms with E-state index in [1.807, 2.05) is 0 Å². The zero-order valence-electron chi connectivity index (χ0n) is 11.3. The predicted molar refractivity (Wildman–Crippen MR) is 78.0 cm³/mol. The highest BCUT2D eigenvalue weighted by Crippen LogP contribution is 2.45. The second-order valence-electron chi connectivity index (χ2n) is 5.15. The van der Waals surface area contributed by atoms with E-state index in [4.69, 9.17) is 4.74 Å². The standard InChI is InChI=1S/C14H13BrN2O4/c1-21-10-4-3-8(7-9(10)15)17-12(19)14(5-2-6-14)11(18)16-13(17)20/h3-4,7H,2,5-6H2,1H3,(H,16,18,20). The molecule has 7 heteroatoms. The van der Waals surface area contributed by atoms with Gasteiger partial charge in [-0.1, -0.05) is 6.42 Å². The van der Waals surface area contributed by atoms with Gasteiger partial charge in [-0.2, -0.15) is 0 Å². The smallest absolute Gasteiger partial charge is 0.335 e. The Morgan fingerprint density at radius 1 is 1.29 bits per heavy atom. The van der Waals surface area contributed by atoms with E-state index in [0.717, 1.165) is 11.3 Å². The van der Waals surface area contributed by atoms with Crippen molar-refractivity contribution in [1.82, 2.24) is 5.32 Å². The third-order valence-corrected chi connectivity index (χ3v) is 4.69. The number of carbonyl (C=O) groups is 3. The molecule has 6 nitrogen and oxygen atoms in total. The van der Waals surface area contributed by atoms with E-state index in [0.29, 0.717) is 28.8 Å². The Labute approximate surface area is 129 Å². The Morgan fingerprint density at radius 3 is 2.52 bits per heavy atom. The van der Waals surface area contributed by atoms with Crippen molar-refractivity contribution in [2.45, 2.75) is 19.3 Å². The molecule has 0 atom stereocenters. The summed E-state index contributed by atoms with van der Waals surface area (Å²) in [7, 11) is 1.53. The normalized spacial score (nSPS) is 20.3. The first-order chi connectivity index (χ1) is 9.99. The summed E-state index contributed by atoms with van der Waals surface area (Å²) < 4.78 is 5.75. The molecule has 0 radical (unpaired) electrons. The summed E-state index contributed by atoms with van der Waals surface area (Å²) in [4.78, 5) is 37.6. The van der Waals surface area contributed by atoms with Crippen LogP contribution in [0, 0.1) is 5.41 Å². The van der Waals surface area contributed by atoms with Crippen LogP contribution in [0.1, 0.15) is 19.3 Å². The Kier molecular flexibility index (Phi) is 3.24. The molecule has 1 spiro atoms. The number of hydrogen-bond donors (Lipinski definition) is 1. The van der Waals surface area contributed by atoms with Gasteiger partial charge >= 0.3 is 6.03 Å². The van der Waals surface area contributed by atoms with Gasteiger partial charge in [-0.3, -0.25) is 14.9 Å². The Balaban J connectivity index is 2.00. The number of carbonyl (C=O) groups excluding carboxylic acids is 3. The van der Waals surface area contributed by atoms with Gasteiger partial charge in [0.2, 0.25) is 5.91 Å². The lowest BCUT2D eigenvalue weighted by atomic mass is 9.66. The molecular weight excluding hydrogens is 340 g/mol. The second-order valence-corrected chi connectivity index (χ2v) is 6.01. The third-order valence-electron chi connectivity index (χ3n) is 4.07. The molecule has 1 saturated carbocycles. The average Bonchev–Trinajstić information content (AvgIpc) is 2.36. The van der Waals surface area contributed by atoms with E-state index in [1.54, 1.807) is 18.2 Å². The Hall–Kier alpha value is -1.89. The van der Waals surface area contributed by atoms with Crippen molar-refractivity contribution in [3.8, 4) is 5.75 Å².